The molecule has 0 radical (unpaired) electrons. The molecule has 0 aliphatic heterocycles. The molecule has 0 heterocycles. The zero-order valence-corrected chi connectivity index (χ0v) is 13.7. The second-order valence-electron chi connectivity index (χ2n) is 5.82. The zero-order valence-electron chi connectivity index (χ0n) is 13.7. The summed E-state index contributed by atoms with van der Waals surface area (Å²) in [6, 6.07) is -2.64. The van der Waals surface area contributed by atoms with Gasteiger partial charge in [0.1, 0.15) is 12.1 Å². The van der Waals surface area contributed by atoms with Crippen molar-refractivity contribution in [3.8, 4) is 0 Å². The van der Waals surface area contributed by atoms with Crippen LogP contribution in [0.5, 0.6) is 0 Å². The molecule has 0 saturated carbocycles. The number of carboxylic acids is 2. The monoisotopic (exact) mass is 340 g/mol. The summed E-state index contributed by atoms with van der Waals surface area (Å²) >= 11 is 0. The normalized spacial score (nSPS) is 13.1. The van der Waals surface area contributed by atoms with Gasteiger partial charge in [-0.3, -0.25) is 9.59 Å². The Hall–Kier alpha value is -0.140. The van der Waals surface area contributed by atoms with E-state index in [9.17, 15) is 9.59 Å². The average Bonchev–Trinajstić information content (AvgIpc) is 2.47. The van der Waals surface area contributed by atoms with E-state index in [1.54, 1.807) is 0 Å². The molecule has 0 aromatic carbocycles. The number of nitrogens with two attached hydrogens (primary N) is 1. The Labute approximate surface area is 161 Å². The summed E-state index contributed by atoms with van der Waals surface area (Å²) in [7, 11) is 0. The maximum absolute atomic E-state index is 11.0. The molecule has 5 N–H and O–H groups in total. The van der Waals surface area contributed by atoms with Crippen molar-refractivity contribution in [3.63, 3.8) is 0 Å². The first kappa shape index (κ1) is 25.1. The number of aliphatic carboxylic acids is 2. The van der Waals surface area contributed by atoms with Crippen LogP contribution in [0.2, 0.25) is 0 Å². The van der Waals surface area contributed by atoms with Crippen LogP contribution in [-0.4, -0.2) is 70.3 Å². The van der Waals surface area contributed by atoms with E-state index in [1.807, 2.05) is 0 Å². The Bertz CT molecular complexity index is 316. The van der Waals surface area contributed by atoms with Gasteiger partial charge in [0.05, 0.1) is 0 Å². The number of carboxylic acid groups (broad SMARTS) is 2. The van der Waals surface area contributed by atoms with Gasteiger partial charge in [0.15, 0.2) is 0 Å². The molecule has 0 aliphatic carbocycles. The van der Waals surface area contributed by atoms with Crippen molar-refractivity contribution >= 4 is 41.5 Å². The molecule has 0 saturated heterocycles. The van der Waals surface area contributed by atoms with Crippen molar-refractivity contribution in [1.82, 2.24) is 5.32 Å². The van der Waals surface area contributed by atoms with Crippen molar-refractivity contribution in [2.75, 3.05) is 6.54 Å². The van der Waals surface area contributed by atoms with E-state index >= 15 is 0 Å². The second-order valence-corrected chi connectivity index (χ2v) is 5.82. The van der Waals surface area contributed by atoms with Gasteiger partial charge in [0, 0.05) is 0 Å². The first-order chi connectivity index (χ1) is 10.5. The molecule has 0 rings (SSSR count). The Balaban J connectivity index is 0. The number of nitrogens with one attached hydrogen (secondary N) is 1. The minimum absolute atomic E-state index is 0. The Morgan fingerprint density at radius 2 is 1.30 bits per heavy atom. The summed E-state index contributed by atoms with van der Waals surface area (Å²) < 4.78 is 0. The summed E-state index contributed by atoms with van der Waals surface area (Å²) in [5.41, 5.74) is 5.35. The average molecular weight is 340 g/mol. The minimum atomic E-state index is -1.42. The number of unbranched alkanes of at least 4 members (excludes halogenated alkanes) is 9. The second kappa shape index (κ2) is 16.7. The van der Waals surface area contributed by atoms with Gasteiger partial charge in [-0.1, -0.05) is 64.7 Å². The van der Waals surface area contributed by atoms with Gasteiger partial charge in [0.25, 0.3) is 0 Å². The fourth-order valence-corrected chi connectivity index (χ4v) is 2.38. The van der Waals surface area contributed by atoms with Gasteiger partial charge in [-0.25, -0.2) is 0 Å². The van der Waals surface area contributed by atoms with Crippen molar-refractivity contribution in [2.45, 2.75) is 83.2 Å². The van der Waals surface area contributed by atoms with Crippen LogP contribution in [0.1, 0.15) is 71.1 Å². The Morgan fingerprint density at radius 3 is 1.70 bits per heavy atom. The summed E-state index contributed by atoms with van der Waals surface area (Å²) in [5, 5.41) is 20.4. The fourth-order valence-electron chi connectivity index (χ4n) is 2.38. The fraction of sp³-hybridized carbons (Fsp3) is 0.875. The van der Waals surface area contributed by atoms with Crippen molar-refractivity contribution < 1.29 is 19.8 Å². The van der Waals surface area contributed by atoms with Crippen LogP contribution >= 0.6 is 0 Å². The van der Waals surface area contributed by atoms with E-state index in [4.69, 9.17) is 15.9 Å². The molecule has 0 bridgehead atoms. The molecule has 0 aromatic heterocycles. The van der Waals surface area contributed by atoms with Gasteiger partial charge in [-0.2, -0.15) is 0 Å². The topological polar surface area (TPSA) is 113 Å². The van der Waals surface area contributed by atoms with E-state index in [2.05, 4.69) is 12.2 Å². The first-order valence-electron chi connectivity index (χ1n) is 8.45. The molecular formula is C16H33N2NaO4. The molecule has 2 atom stereocenters. The zero-order chi connectivity index (χ0) is 16.8. The Morgan fingerprint density at radius 1 is 0.870 bits per heavy atom. The van der Waals surface area contributed by atoms with Crippen LogP contribution < -0.4 is 11.1 Å². The van der Waals surface area contributed by atoms with E-state index in [1.165, 1.54) is 44.9 Å². The van der Waals surface area contributed by atoms with E-state index in [0.717, 1.165) is 19.3 Å². The number of hydrogen-bond acceptors (Lipinski definition) is 4. The quantitative estimate of drug-likeness (QED) is 0.267. The van der Waals surface area contributed by atoms with Gasteiger partial charge in [-0.15, -0.1) is 0 Å². The van der Waals surface area contributed by atoms with Crippen LogP contribution in [0.4, 0.5) is 0 Å². The van der Waals surface area contributed by atoms with Gasteiger partial charge in [0.2, 0.25) is 0 Å². The van der Waals surface area contributed by atoms with E-state index in [0.29, 0.717) is 6.54 Å². The van der Waals surface area contributed by atoms with E-state index in [-0.39, 0.29) is 29.6 Å². The van der Waals surface area contributed by atoms with Crippen LogP contribution in [-0.2, 0) is 9.59 Å². The molecule has 0 amide bonds. The van der Waals surface area contributed by atoms with Gasteiger partial charge < -0.3 is 21.3 Å². The molecule has 6 nitrogen and oxygen atoms in total. The molecule has 0 aliphatic rings. The third-order valence-electron chi connectivity index (χ3n) is 3.80. The molecule has 0 spiro atoms. The first-order valence-corrected chi connectivity index (χ1v) is 8.45. The molecule has 2 unspecified atom stereocenters. The Kier molecular flexibility index (Phi) is 18.2. The summed E-state index contributed by atoms with van der Waals surface area (Å²) in [6.07, 6.45) is 12.0. The molecule has 0 aromatic rings. The third kappa shape index (κ3) is 14.0. The van der Waals surface area contributed by atoms with Crippen molar-refractivity contribution in [3.05, 3.63) is 0 Å². The molecule has 7 heteroatoms. The predicted molar refractivity (Wildman–Crippen MR) is 94.0 cm³/mol. The van der Waals surface area contributed by atoms with Crippen LogP contribution in [0.3, 0.4) is 0 Å². The summed E-state index contributed by atoms with van der Waals surface area (Å²) in [5.74, 6) is -2.52. The SMILES string of the molecule is CCCCCCCCCCCCNC(C(=O)O)C(N)C(=O)O.[NaH]. The molecular weight excluding hydrogens is 307 g/mol. The van der Waals surface area contributed by atoms with Crippen LogP contribution in [0.15, 0.2) is 0 Å². The number of hydrogen-bond donors (Lipinski definition) is 4. The number of rotatable bonds is 15. The van der Waals surface area contributed by atoms with Crippen LogP contribution in [0, 0.1) is 0 Å². The van der Waals surface area contributed by atoms with Crippen LogP contribution in [0.25, 0.3) is 0 Å². The van der Waals surface area contributed by atoms with Crippen molar-refractivity contribution in [2.24, 2.45) is 5.73 Å². The third-order valence-corrected chi connectivity index (χ3v) is 3.80. The van der Waals surface area contributed by atoms with Crippen molar-refractivity contribution in [1.29, 1.82) is 0 Å². The molecule has 23 heavy (non-hydrogen) atoms. The van der Waals surface area contributed by atoms with Gasteiger partial charge in [-0.05, 0) is 13.0 Å². The standard InChI is InChI=1S/C16H32N2O4.Na.H/c1-2-3-4-5-6-7-8-9-10-11-12-18-14(16(21)22)13(17)15(19)20;;/h13-14,18H,2-12,17H2,1H3,(H,19,20)(H,21,22);;. The van der Waals surface area contributed by atoms with E-state index < -0.39 is 24.0 Å². The summed E-state index contributed by atoms with van der Waals surface area (Å²) in [4.78, 5) is 21.7. The molecule has 132 valence electrons. The molecule has 0 fully saturated rings. The predicted octanol–water partition coefficient (Wildman–Crippen LogP) is 1.71. The van der Waals surface area contributed by atoms with Gasteiger partial charge >= 0.3 is 41.5 Å². The maximum atomic E-state index is 11.0. The number of carbonyl (C=O) groups is 2. The summed E-state index contributed by atoms with van der Waals surface area (Å²) in [6.45, 7) is 2.70.